The molecule has 0 fully saturated rings. The molecule has 0 aromatic carbocycles. The molecule has 9 heavy (non-hydrogen) atoms. The Hall–Kier alpha value is -0.770. The fourth-order valence-corrected chi connectivity index (χ4v) is 0.765. The van der Waals surface area contributed by atoms with E-state index in [0.29, 0.717) is 5.96 Å². The molecule has 0 unspecified atom stereocenters. The molecule has 0 aromatic rings. The monoisotopic (exact) mass is 129 g/mol. The number of hydrogen-bond donors (Lipinski definition) is 3. The van der Waals surface area contributed by atoms with Gasteiger partial charge in [0.15, 0.2) is 0 Å². The van der Waals surface area contributed by atoms with E-state index in [-0.39, 0.29) is 0 Å². The minimum atomic E-state index is 0.493. The molecule has 0 saturated carbocycles. The van der Waals surface area contributed by atoms with Gasteiger partial charge in [0.2, 0.25) is 5.96 Å². The van der Waals surface area contributed by atoms with Gasteiger partial charge in [0.1, 0.15) is 0 Å². The molecule has 1 aliphatic rings. The van der Waals surface area contributed by atoms with E-state index in [2.05, 4.69) is 10.3 Å². The second kappa shape index (κ2) is 3.29. The van der Waals surface area contributed by atoms with Gasteiger partial charge in [-0.05, 0) is 12.8 Å². The summed E-state index contributed by atoms with van der Waals surface area (Å²) < 4.78 is 0. The largest absolute Gasteiger partial charge is 0.355 e. The summed E-state index contributed by atoms with van der Waals surface area (Å²) in [6, 6.07) is 0. The molecule has 0 aliphatic carbocycles. The highest BCUT2D eigenvalue weighted by Gasteiger charge is 1.98. The van der Waals surface area contributed by atoms with E-state index in [4.69, 9.17) is 5.21 Å². The Morgan fingerprint density at radius 2 is 2.44 bits per heavy atom. The van der Waals surface area contributed by atoms with Gasteiger partial charge in [-0.25, -0.2) is 5.48 Å². The highest BCUT2D eigenvalue weighted by atomic mass is 16.5. The van der Waals surface area contributed by atoms with Crippen LogP contribution in [-0.4, -0.2) is 24.3 Å². The predicted octanol–water partition coefficient (Wildman–Crippen LogP) is -0.295. The molecule has 1 aliphatic heterocycles. The fraction of sp³-hybridized carbons (Fsp3) is 0.800. The lowest BCUT2D eigenvalue weighted by Gasteiger charge is -2.01. The van der Waals surface area contributed by atoms with Crippen molar-refractivity contribution in [2.24, 2.45) is 4.99 Å². The van der Waals surface area contributed by atoms with E-state index in [1.54, 1.807) is 0 Å². The zero-order chi connectivity index (χ0) is 6.53. The SMILES string of the molecule is ONC1=NCCCCN1. The molecule has 0 amide bonds. The second-order valence-corrected chi connectivity index (χ2v) is 1.98. The quantitative estimate of drug-likeness (QED) is 0.394. The maximum absolute atomic E-state index is 8.37. The number of hydrogen-bond acceptors (Lipinski definition) is 4. The van der Waals surface area contributed by atoms with Crippen LogP contribution in [0.2, 0.25) is 0 Å². The van der Waals surface area contributed by atoms with E-state index in [9.17, 15) is 0 Å². The Balaban J connectivity index is 2.37. The number of nitrogens with zero attached hydrogens (tertiary/aromatic N) is 1. The van der Waals surface area contributed by atoms with Gasteiger partial charge in [-0.2, -0.15) is 0 Å². The van der Waals surface area contributed by atoms with E-state index in [0.717, 1.165) is 25.9 Å². The number of rotatable bonds is 0. The molecule has 3 N–H and O–H groups in total. The van der Waals surface area contributed by atoms with Gasteiger partial charge >= 0.3 is 0 Å². The van der Waals surface area contributed by atoms with Crippen molar-refractivity contribution in [3.05, 3.63) is 0 Å². The molecule has 0 saturated heterocycles. The molecule has 1 heterocycles. The lowest BCUT2D eigenvalue weighted by atomic mass is 10.3. The van der Waals surface area contributed by atoms with Crippen LogP contribution in [0, 0.1) is 0 Å². The summed E-state index contributed by atoms with van der Waals surface area (Å²) in [5.74, 6) is 0.493. The first kappa shape index (κ1) is 6.35. The zero-order valence-electron chi connectivity index (χ0n) is 5.22. The van der Waals surface area contributed by atoms with Crippen LogP contribution < -0.4 is 10.8 Å². The Morgan fingerprint density at radius 1 is 1.56 bits per heavy atom. The molecule has 0 radical (unpaired) electrons. The number of guanidine groups is 1. The number of aliphatic imine (C=N–C) groups is 1. The Labute approximate surface area is 53.9 Å². The van der Waals surface area contributed by atoms with Gasteiger partial charge in [-0.15, -0.1) is 0 Å². The molecular formula is C5H11N3O. The third kappa shape index (κ3) is 1.89. The van der Waals surface area contributed by atoms with E-state index < -0.39 is 0 Å². The molecule has 0 spiro atoms. The second-order valence-electron chi connectivity index (χ2n) is 1.98. The highest BCUT2D eigenvalue weighted by molar-refractivity contribution is 5.78. The van der Waals surface area contributed by atoms with Crippen molar-refractivity contribution < 1.29 is 5.21 Å². The summed E-state index contributed by atoms with van der Waals surface area (Å²) in [5, 5.41) is 11.3. The van der Waals surface area contributed by atoms with Crippen molar-refractivity contribution in [3.8, 4) is 0 Å². The van der Waals surface area contributed by atoms with Crippen molar-refractivity contribution in [2.75, 3.05) is 13.1 Å². The molecule has 0 atom stereocenters. The van der Waals surface area contributed by atoms with Crippen molar-refractivity contribution >= 4 is 5.96 Å². The number of hydroxylamine groups is 1. The first-order chi connectivity index (χ1) is 4.43. The summed E-state index contributed by atoms with van der Waals surface area (Å²) in [4.78, 5) is 3.99. The lowest BCUT2D eigenvalue weighted by Crippen LogP contribution is -2.34. The summed E-state index contributed by atoms with van der Waals surface area (Å²) in [6.45, 7) is 1.70. The topological polar surface area (TPSA) is 56.6 Å². The molecular weight excluding hydrogens is 118 g/mol. The zero-order valence-corrected chi connectivity index (χ0v) is 5.22. The van der Waals surface area contributed by atoms with Crippen LogP contribution in [0.1, 0.15) is 12.8 Å². The first-order valence-corrected chi connectivity index (χ1v) is 3.12. The maximum atomic E-state index is 8.37. The molecule has 0 aromatic heterocycles. The third-order valence-corrected chi connectivity index (χ3v) is 1.25. The lowest BCUT2D eigenvalue weighted by molar-refractivity contribution is 0.229. The van der Waals surface area contributed by atoms with Gasteiger partial charge < -0.3 is 5.32 Å². The van der Waals surface area contributed by atoms with Gasteiger partial charge in [-0.3, -0.25) is 10.2 Å². The number of nitrogens with one attached hydrogen (secondary N) is 2. The van der Waals surface area contributed by atoms with Gasteiger partial charge in [0.05, 0.1) is 0 Å². The molecule has 4 nitrogen and oxygen atoms in total. The van der Waals surface area contributed by atoms with Crippen molar-refractivity contribution in [1.82, 2.24) is 10.8 Å². The average Bonchev–Trinajstić information content (AvgIpc) is 2.13. The first-order valence-electron chi connectivity index (χ1n) is 3.12. The van der Waals surface area contributed by atoms with Crippen LogP contribution >= 0.6 is 0 Å². The van der Waals surface area contributed by atoms with E-state index in [1.165, 1.54) is 0 Å². The Bertz CT molecular complexity index is 113. The predicted molar refractivity (Wildman–Crippen MR) is 34.5 cm³/mol. The highest BCUT2D eigenvalue weighted by Crippen LogP contribution is 1.91. The van der Waals surface area contributed by atoms with Gasteiger partial charge in [-0.1, -0.05) is 0 Å². The van der Waals surface area contributed by atoms with Crippen LogP contribution in [0.15, 0.2) is 4.99 Å². The average molecular weight is 129 g/mol. The molecule has 4 heteroatoms. The van der Waals surface area contributed by atoms with Crippen molar-refractivity contribution in [2.45, 2.75) is 12.8 Å². The van der Waals surface area contributed by atoms with Crippen molar-refractivity contribution in [3.63, 3.8) is 0 Å². The van der Waals surface area contributed by atoms with Crippen LogP contribution in [0.5, 0.6) is 0 Å². The van der Waals surface area contributed by atoms with Gasteiger partial charge in [0.25, 0.3) is 0 Å². The minimum absolute atomic E-state index is 0.493. The van der Waals surface area contributed by atoms with Crippen LogP contribution in [-0.2, 0) is 0 Å². The smallest absolute Gasteiger partial charge is 0.215 e. The standard InChI is InChI=1S/C5H11N3O/c9-8-5-6-3-1-2-4-7-5/h9H,1-4H2,(H2,6,7,8). The summed E-state index contributed by atoms with van der Waals surface area (Å²) in [6.07, 6.45) is 2.22. The van der Waals surface area contributed by atoms with Crippen molar-refractivity contribution in [1.29, 1.82) is 0 Å². The van der Waals surface area contributed by atoms with Crippen LogP contribution in [0.25, 0.3) is 0 Å². The summed E-state index contributed by atoms with van der Waals surface area (Å²) in [5.41, 5.74) is 1.98. The summed E-state index contributed by atoms with van der Waals surface area (Å²) >= 11 is 0. The fourth-order valence-electron chi connectivity index (χ4n) is 0.765. The molecule has 0 bridgehead atoms. The maximum Gasteiger partial charge on any atom is 0.215 e. The Morgan fingerprint density at radius 3 is 3.22 bits per heavy atom. The van der Waals surface area contributed by atoms with Crippen LogP contribution in [0.4, 0.5) is 0 Å². The third-order valence-electron chi connectivity index (χ3n) is 1.25. The Kier molecular flexibility index (Phi) is 2.32. The normalized spacial score (nSPS) is 19.4. The van der Waals surface area contributed by atoms with Gasteiger partial charge in [0, 0.05) is 13.1 Å². The van der Waals surface area contributed by atoms with Crippen LogP contribution in [0.3, 0.4) is 0 Å². The molecule has 1 rings (SSSR count). The minimum Gasteiger partial charge on any atom is -0.355 e. The van der Waals surface area contributed by atoms with E-state index >= 15 is 0 Å². The molecule has 52 valence electrons. The van der Waals surface area contributed by atoms with E-state index in [1.807, 2.05) is 5.48 Å². The summed E-state index contributed by atoms with van der Waals surface area (Å²) in [7, 11) is 0.